The molecule has 118 valence electrons. The van der Waals surface area contributed by atoms with Gasteiger partial charge in [0, 0.05) is 38.9 Å². The van der Waals surface area contributed by atoms with Gasteiger partial charge in [0.25, 0.3) is 0 Å². The van der Waals surface area contributed by atoms with E-state index in [0.29, 0.717) is 5.41 Å². The Balaban J connectivity index is 1.89. The van der Waals surface area contributed by atoms with Crippen molar-refractivity contribution in [3.05, 3.63) is 0 Å². The molecular formula is C17H34N2O. The number of ether oxygens (including phenoxy) is 1. The maximum Gasteiger partial charge on any atom is 0.0472 e. The maximum atomic E-state index is 5.62. The van der Waals surface area contributed by atoms with Gasteiger partial charge in [-0.3, -0.25) is 0 Å². The molecule has 0 radical (unpaired) electrons. The van der Waals surface area contributed by atoms with Gasteiger partial charge in [-0.25, -0.2) is 0 Å². The first kappa shape index (κ1) is 16.3. The van der Waals surface area contributed by atoms with E-state index in [9.17, 15) is 0 Å². The van der Waals surface area contributed by atoms with E-state index in [1.54, 1.807) is 0 Å². The Bertz CT molecular complexity index is 272. The molecule has 1 aliphatic carbocycles. The summed E-state index contributed by atoms with van der Waals surface area (Å²) < 4.78 is 5.62. The molecule has 2 fully saturated rings. The van der Waals surface area contributed by atoms with E-state index < -0.39 is 0 Å². The molecule has 0 aromatic carbocycles. The van der Waals surface area contributed by atoms with Crippen molar-refractivity contribution in [2.75, 3.05) is 39.4 Å². The highest BCUT2D eigenvalue weighted by Crippen LogP contribution is 2.32. The minimum Gasteiger partial charge on any atom is -0.381 e. The third-order valence-corrected chi connectivity index (χ3v) is 5.17. The number of rotatable bonds is 9. The first-order chi connectivity index (χ1) is 9.67. The molecule has 1 atom stereocenters. The lowest BCUT2D eigenvalue weighted by Crippen LogP contribution is -2.48. The van der Waals surface area contributed by atoms with Gasteiger partial charge < -0.3 is 15.0 Å². The second-order valence-corrected chi connectivity index (χ2v) is 7.11. The van der Waals surface area contributed by atoms with Crippen LogP contribution < -0.4 is 5.32 Å². The summed E-state index contributed by atoms with van der Waals surface area (Å²) in [7, 11) is 0. The lowest BCUT2D eigenvalue weighted by Gasteiger charge is -2.41. The maximum absolute atomic E-state index is 5.62. The number of hydrogen-bond acceptors (Lipinski definition) is 3. The van der Waals surface area contributed by atoms with Gasteiger partial charge in [-0.2, -0.15) is 0 Å². The second kappa shape index (κ2) is 7.77. The first-order valence-corrected chi connectivity index (χ1v) is 8.71. The van der Waals surface area contributed by atoms with Crippen molar-refractivity contribution >= 4 is 0 Å². The van der Waals surface area contributed by atoms with E-state index in [2.05, 4.69) is 31.0 Å². The molecule has 20 heavy (non-hydrogen) atoms. The molecule has 1 heterocycles. The van der Waals surface area contributed by atoms with Crippen molar-refractivity contribution in [3.8, 4) is 0 Å². The molecule has 0 amide bonds. The standard InChI is InChI=1S/C17H34N2O/c1-4-15(3)12-19(5-2)14-17(8-10-20-11-9-17)13-18-16-6-7-16/h15-16,18H,4-14H2,1-3H3. The van der Waals surface area contributed by atoms with Crippen LogP contribution in [-0.2, 0) is 4.74 Å². The quantitative estimate of drug-likeness (QED) is 0.704. The van der Waals surface area contributed by atoms with Gasteiger partial charge in [0.1, 0.15) is 0 Å². The van der Waals surface area contributed by atoms with Gasteiger partial charge in [-0.15, -0.1) is 0 Å². The summed E-state index contributed by atoms with van der Waals surface area (Å²) in [5, 5.41) is 3.78. The summed E-state index contributed by atoms with van der Waals surface area (Å²) >= 11 is 0. The first-order valence-electron chi connectivity index (χ1n) is 8.71. The molecule has 1 N–H and O–H groups in total. The summed E-state index contributed by atoms with van der Waals surface area (Å²) in [6, 6.07) is 0.819. The summed E-state index contributed by atoms with van der Waals surface area (Å²) in [6.45, 7) is 13.8. The molecule has 2 rings (SSSR count). The highest BCUT2D eigenvalue weighted by Gasteiger charge is 2.36. The molecule has 0 spiro atoms. The zero-order valence-electron chi connectivity index (χ0n) is 13.8. The van der Waals surface area contributed by atoms with E-state index in [1.807, 2.05) is 0 Å². The van der Waals surface area contributed by atoms with Gasteiger partial charge in [0.2, 0.25) is 0 Å². The molecule has 0 bridgehead atoms. The van der Waals surface area contributed by atoms with Crippen LogP contribution in [0.1, 0.15) is 52.9 Å². The van der Waals surface area contributed by atoms with Crippen LogP contribution in [0.2, 0.25) is 0 Å². The van der Waals surface area contributed by atoms with Crippen molar-refractivity contribution < 1.29 is 4.74 Å². The number of nitrogens with one attached hydrogen (secondary N) is 1. The van der Waals surface area contributed by atoms with Crippen LogP contribution in [-0.4, -0.2) is 50.3 Å². The van der Waals surface area contributed by atoms with Gasteiger partial charge >= 0.3 is 0 Å². The smallest absolute Gasteiger partial charge is 0.0472 e. The molecule has 3 nitrogen and oxygen atoms in total. The molecule has 3 heteroatoms. The number of nitrogens with zero attached hydrogens (tertiary/aromatic N) is 1. The Morgan fingerprint density at radius 3 is 2.50 bits per heavy atom. The lowest BCUT2D eigenvalue weighted by atomic mass is 9.79. The summed E-state index contributed by atoms with van der Waals surface area (Å²) in [4.78, 5) is 2.67. The Hall–Kier alpha value is -0.120. The molecule has 0 aromatic rings. The van der Waals surface area contributed by atoms with Gasteiger partial charge in [-0.1, -0.05) is 27.2 Å². The Morgan fingerprint density at radius 2 is 1.95 bits per heavy atom. The topological polar surface area (TPSA) is 24.5 Å². The van der Waals surface area contributed by atoms with Crippen LogP contribution >= 0.6 is 0 Å². The molecule has 0 aromatic heterocycles. The highest BCUT2D eigenvalue weighted by molar-refractivity contribution is 4.91. The summed E-state index contributed by atoms with van der Waals surface area (Å²) in [6.07, 6.45) is 6.51. The van der Waals surface area contributed by atoms with Crippen LogP contribution in [0, 0.1) is 11.3 Å². The van der Waals surface area contributed by atoms with Crippen LogP contribution in [0.25, 0.3) is 0 Å². The highest BCUT2D eigenvalue weighted by atomic mass is 16.5. The van der Waals surface area contributed by atoms with Crippen molar-refractivity contribution in [2.45, 2.75) is 58.9 Å². The number of hydrogen-bond donors (Lipinski definition) is 1. The third kappa shape index (κ3) is 5.01. The average molecular weight is 282 g/mol. The predicted molar refractivity (Wildman–Crippen MR) is 85.1 cm³/mol. The van der Waals surface area contributed by atoms with Crippen molar-refractivity contribution in [2.24, 2.45) is 11.3 Å². The lowest BCUT2D eigenvalue weighted by molar-refractivity contribution is -0.00578. The third-order valence-electron chi connectivity index (χ3n) is 5.17. The van der Waals surface area contributed by atoms with Crippen LogP contribution in [0.3, 0.4) is 0 Å². The van der Waals surface area contributed by atoms with Gasteiger partial charge in [-0.05, 0) is 43.6 Å². The Labute approximate surface area is 125 Å². The normalized spacial score (nSPS) is 24.0. The minimum absolute atomic E-state index is 0.449. The van der Waals surface area contributed by atoms with Gasteiger partial charge in [0.05, 0.1) is 0 Å². The Kier molecular flexibility index (Phi) is 6.31. The largest absolute Gasteiger partial charge is 0.381 e. The molecule has 1 saturated heterocycles. The summed E-state index contributed by atoms with van der Waals surface area (Å²) in [5.74, 6) is 0.809. The van der Waals surface area contributed by atoms with Crippen molar-refractivity contribution in [3.63, 3.8) is 0 Å². The zero-order chi connectivity index (χ0) is 14.4. The van der Waals surface area contributed by atoms with Gasteiger partial charge in [0.15, 0.2) is 0 Å². The summed E-state index contributed by atoms with van der Waals surface area (Å²) in [5.41, 5.74) is 0.449. The fraction of sp³-hybridized carbons (Fsp3) is 1.00. The second-order valence-electron chi connectivity index (χ2n) is 7.11. The minimum atomic E-state index is 0.449. The fourth-order valence-electron chi connectivity index (χ4n) is 3.19. The van der Waals surface area contributed by atoms with Crippen LogP contribution in [0.5, 0.6) is 0 Å². The molecule has 1 saturated carbocycles. The van der Waals surface area contributed by atoms with E-state index in [1.165, 1.54) is 58.3 Å². The van der Waals surface area contributed by atoms with Crippen molar-refractivity contribution in [1.29, 1.82) is 0 Å². The molecule has 2 aliphatic rings. The SMILES string of the molecule is CCC(C)CN(CC)CC1(CNC2CC2)CCOCC1. The van der Waals surface area contributed by atoms with Crippen LogP contribution in [0.15, 0.2) is 0 Å². The fourth-order valence-corrected chi connectivity index (χ4v) is 3.19. The molecule has 1 aliphatic heterocycles. The Morgan fingerprint density at radius 1 is 1.25 bits per heavy atom. The monoisotopic (exact) mass is 282 g/mol. The van der Waals surface area contributed by atoms with Crippen LogP contribution in [0.4, 0.5) is 0 Å². The van der Waals surface area contributed by atoms with E-state index in [4.69, 9.17) is 4.74 Å². The predicted octanol–water partition coefficient (Wildman–Crippen LogP) is 2.90. The average Bonchev–Trinajstić information content (AvgIpc) is 3.29. The van der Waals surface area contributed by atoms with E-state index in [-0.39, 0.29) is 0 Å². The molecular weight excluding hydrogens is 248 g/mol. The van der Waals surface area contributed by atoms with Crippen molar-refractivity contribution in [1.82, 2.24) is 10.2 Å². The zero-order valence-corrected chi connectivity index (χ0v) is 13.8. The van der Waals surface area contributed by atoms with E-state index in [0.717, 1.165) is 25.2 Å². The molecule has 1 unspecified atom stereocenters. The van der Waals surface area contributed by atoms with E-state index >= 15 is 0 Å².